The van der Waals surface area contributed by atoms with Crippen LogP contribution >= 0.6 is 0 Å². The van der Waals surface area contributed by atoms with Gasteiger partial charge in [0.1, 0.15) is 0 Å². The first-order valence-electron chi connectivity index (χ1n) is 7.67. The van der Waals surface area contributed by atoms with Crippen molar-refractivity contribution in [3.63, 3.8) is 0 Å². The molecule has 0 fully saturated rings. The topological polar surface area (TPSA) is 84.2 Å². The minimum absolute atomic E-state index is 0.0250. The SMILES string of the molecule is CCNC(=O)Cc1ccc(-n2nc(C(=O)O)c3ccccc32)cc1. The average Bonchev–Trinajstić information content (AvgIpc) is 2.96. The monoisotopic (exact) mass is 323 g/mol. The van der Waals surface area contributed by atoms with Gasteiger partial charge < -0.3 is 10.4 Å². The number of carboxylic acid groups (broad SMARTS) is 1. The van der Waals surface area contributed by atoms with Crippen molar-refractivity contribution in [1.82, 2.24) is 15.1 Å². The van der Waals surface area contributed by atoms with Gasteiger partial charge in [0.05, 0.1) is 17.6 Å². The zero-order valence-corrected chi connectivity index (χ0v) is 13.2. The van der Waals surface area contributed by atoms with Crippen molar-refractivity contribution in [3.8, 4) is 5.69 Å². The van der Waals surface area contributed by atoms with Crippen LogP contribution in [-0.2, 0) is 11.2 Å². The molecule has 24 heavy (non-hydrogen) atoms. The molecule has 0 spiro atoms. The molecular formula is C18H17N3O3. The van der Waals surface area contributed by atoms with E-state index < -0.39 is 5.97 Å². The largest absolute Gasteiger partial charge is 0.476 e. The van der Waals surface area contributed by atoms with Crippen molar-refractivity contribution in [2.45, 2.75) is 13.3 Å². The maximum Gasteiger partial charge on any atom is 0.357 e. The summed E-state index contributed by atoms with van der Waals surface area (Å²) in [7, 11) is 0. The fraction of sp³-hybridized carbons (Fsp3) is 0.167. The van der Waals surface area contributed by atoms with Crippen LogP contribution in [0.4, 0.5) is 0 Å². The Morgan fingerprint density at radius 2 is 1.83 bits per heavy atom. The fourth-order valence-electron chi connectivity index (χ4n) is 2.62. The molecule has 0 aliphatic carbocycles. The van der Waals surface area contributed by atoms with Gasteiger partial charge in [-0.15, -0.1) is 0 Å². The number of carboxylic acids is 1. The highest BCUT2D eigenvalue weighted by molar-refractivity contribution is 6.01. The quantitative estimate of drug-likeness (QED) is 0.755. The summed E-state index contributed by atoms with van der Waals surface area (Å²) in [6.45, 7) is 2.48. The van der Waals surface area contributed by atoms with Crippen molar-refractivity contribution in [3.05, 3.63) is 59.8 Å². The van der Waals surface area contributed by atoms with Crippen molar-refractivity contribution in [2.75, 3.05) is 6.54 Å². The van der Waals surface area contributed by atoms with E-state index in [-0.39, 0.29) is 11.6 Å². The highest BCUT2D eigenvalue weighted by Gasteiger charge is 2.16. The van der Waals surface area contributed by atoms with Gasteiger partial charge in [0, 0.05) is 11.9 Å². The third-order valence-electron chi connectivity index (χ3n) is 3.71. The highest BCUT2D eigenvalue weighted by Crippen LogP contribution is 2.22. The van der Waals surface area contributed by atoms with Crippen molar-refractivity contribution < 1.29 is 14.7 Å². The Morgan fingerprint density at radius 3 is 2.50 bits per heavy atom. The summed E-state index contributed by atoms with van der Waals surface area (Å²) in [6.07, 6.45) is 0.314. The number of fused-ring (bicyclic) bond motifs is 1. The van der Waals surface area contributed by atoms with E-state index in [1.807, 2.05) is 43.3 Å². The molecule has 0 saturated carbocycles. The molecule has 0 atom stereocenters. The summed E-state index contributed by atoms with van der Waals surface area (Å²) < 4.78 is 1.61. The summed E-state index contributed by atoms with van der Waals surface area (Å²) in [6, 6.07) is 14.6. The first-order valence-corrected chi connectivity index (χ1v) is 7.67. The van der Waals surface area contributed by atoms with Crippen molar-refractivity contribution in [2.24, 2.45) is 0 Å². The number of nitrogens with one attached hydrogen (secondary N) is 1. The van der Waals surface area contributed by atoms with Gasteiger partial charge in [0.15, 0.2) is 5.69 Å². The van der Waals surface area contributed by atoms with Crippen LogP contribution in [0.3, 0.4) is 0 Å². The van der Waals surface area contributed by atoms with Crippen LogP contribution in [-0.4, -0.2) is 33.3 Å². The molecule has 0 unspecified atom stereocenters. The van der Waals surface area contributed by atoms with E-state index in [0.29, 0.717) is 18.4 Å². The predicted molar refractivity (Wildman–Crippen MR) is 90.4 cm³/mol. The Morgan fingerprint density at radius 1 is 1.12 bits per heavy atom. The molecule has 0 radical (unpaired) electrons. The molecule has 0 saturated heterocycles. The fourth-order valence-corrected chi connectivity index (χ4v) is 2.62. The maximum absolute atomic E-state index is 11.6. The number of amides is 1. The third kappa shape index (κ3) is 2.99. The summed E-state index contributed by atoms with van der Waals surface area (Å²) in [5.74, 6) is -1.08. The van der Waals surface area contributed by atoms with Gasteiger partial charge in [-0.05, 0) is 30.7 Å². The van der Waals surface area contributed by atoms with Crippen LogP contribution in [0.2, 0.25) is 0 Å². The second-order valence-corrected chi connectivity index (χ2v) is 5.38. The van der Waals surface area contributed by atoms with E-state index in [1.54, 1.807) is 16.8 Å². The lowest BCUT2D eigenvalue weighted by molar-refractivity contribution is -0.120. The number of rotatable bonds is 5. The van der Waals surface area contributed by atoms with E-state index in [4.69, 9.17) is 0 Å². The molecule has 6 heteroatoms. The van der Waals surface area contributed by atoms with Gasteiger partial charge in [0.2, 0.25) is 5.91 Å². The zero-order chi connectivity index (χ0) is 17.1. The number of likely N-dealkylation sites (N-methyl/N-ethyl adjacent to an activating group) is 1. The molecule has 3 rings (SSSR count). The first-order chi connectivity index (χ1) is 11.6. The molecule has 1 heterocycles. The molecule has 122 valence electrons. The number of carbonyl (C=O) groups is 2. The second-order valence-electron chi connectivity index (χ2n) is 5.38. The molecule has 2 N–H and O–H groups in total. The second kappa shape index (κ2) is 6.54. The molecular weight excluding hydrogens is 306 g/mol. The Balaban J connectivity index is 1.96. The summed E-state index contributed by atoms with van der Waals surface area (Å²) in [5.41, 5.74) is 2.39. The lowest BCUT2D eigenvalue weighted by atomic mass is 10.1. The van der Waals surface area contributed by atoms with Crippen LogP contribution in [0.15, 0.2) is 48.5 Å². The van der Waals surface area contributed by atoms with Gasteiger partial charge in [-0.2, -0.15) is 5.10 Å². The molecule has 1 aromatic heterocycles. The molecule has 0 aliphatic heterocycles. The van der Waals surface area contributed by atoms with Crippen LogP contribution in [0.25, 0.3) is 16.6 Å². The number of hydrogen-bond donors (Lipinski definition) is 2. The van der Waals surface area contributed by atoms with E-state index in [0.717, 1.165) is 16.8 Å². The number of aromatic nitrogens is 2. The van der Waals surface area contributed by atoms with Crippen molar-refractivity contribution in [1.29, 1.82) is 0 Å². The number of hydrogen-bond acceptors (Lipinski definition) is 3. The highest BCUT2D eigenvalue weighted by atomic mass is 16.4. The number of benzene rings is 2. The third-order valence-corrected chi connectivity index (χ3v) is 3.71. The summed E-state index contributed by atoms with van der Waals surface area (Å²) >= 11 is 0. The Labute approximate surface area is 138 Å². The van der Waals surface area contributed by atoms with Gasteiger partial charge in [0.25, 0.3) is 0 Å². The molecule has 3 aromatic rings. The maximum atomic E-state index is 11.6. The minimum atomic E-state index is -1.06. The van der Waals surface area contributed by atoms with Gasteiger partial charge in [-0.25, -0.2) is 9.48 Å². The van der Waals surface area contributed by atoms with Gasteiger partial charge in [-0.3, -0.25) is 4.79 Å². The Kier molecular flexibility index (Phi) is 4.29. The van der Waals surface area contributed by atoms with E-state index in [9.17, 15) is 14.7 Å². The average molecular weight is 323 g/mol. The number of carbonyl (C=O) groups excluding carboxylic acids is 1. The lowest BCUT2D eigenvalue weighted by Gasteiger charge is -2.06. The Hall–Kier alpha value is -3.15. The molecule has 1 amide bonds. The minimum Gasteiger partial charge on any atom is -0.476 e. The molecule has 6 nitrogen and oxygen atoms in total. The van der Waals surface area contributed by atoms with Gasteiger partial charge in [-0.1, -0.05) is 30.3 Å². The summed E-state index contributed by atoms with van der Waals surface area (Å²) in [4.78, 5) is 23.0. The number of para-hydroxylation sites is 1. The van der Waals surface area contributed by atoms with E-state index >= 15 is 0 Å². The van der Waals surface area contributed by atoms with Gasteiger partial charge >= 0.3 is 5.97 Å². The summed E-state index contributed by atoms with van der Waals surface area (Å²) in [5, 5.41) is 16.9. The smallest absolute Gasteiger partial charge is 0.357 e. The number of aromatic carboxylic acids is 1. The normalized spacial score (nSPS) is 10.7. The van der Waals surface area contributed by atoms with E-state index in [1.165, 1.54) is 0 Å². The molecule has 2 aromatic carbocycles. The first kappa shape index (κ1) is 15.7. The number of nitrogens with zero attached hydrogens (tertiary/aromatic N) is 2. The van der Waals surface area contributed by atoms with Crippen LogP contribution in [0, 0.1) is 0 Å². The molecule has 0 bridgehead atoms. The Bertz CT molecular complexity index is 898. The lowest BCUT2D eigenvalue weighted by Crippen LogP contribution is -2.24. The predicted octanol–water partition coefficient (Wildman–Crippen LogP) is 2.40. The van der Waals surface area contributed by atoms with Crippen LogP contribution in [0.5, 0.6) is 0 Å². The van der Waals surface area contributed by atoms with Crippen LogP contribution < -0.4 is 5.32 Å². The van der Waals surface area contributed by atoms with Crippen LogP contribution in [0.1, 0.15) is 23.0 Å². The molecule has 0 aliphatic rings. The van der Waals surface area contributed by atoms with E-state index in [2.05, 4.69) is 10.4 Å². The zero-order valence-electron chi connectivity index (χ0n) is 13.2. The van der Waals surface area contributed by atoms with Crippen molar-refractivity contribution >= 4 is 22.8 Å². The standard InChI is InChI=1S/C18H17N3O3/c1-2-19-16(22)11-12-7-9-13(10-8-12)21-15-6-4-3-5-14(15)17(20-21)18(23)24/h3-10H,2,11H2,1H3,(H,19,22)(H,23,24).